The number of hydrogen-bond donors (Lipinski definition) is 3. The van der Waals surface area contributed by atoms with Crippen molar-refractivity contribution < 1.29 is 36.6 Å². The molecule has 236 valence electrons. The van der Waals surface area contributed by atoms with Gasteiger partial charge in [-0.05, 0) is 87.4 Å². The van der Waals surface area contributed by atoms with Gasteiger partial charge in [-0.1, -0.05) is 30.3 Å². The molecule has 7 nitrogen and oxygen atoms in total. The highest BCUT2D eigenvalue weighted by Gasteiger charge is 2.34. The molecule has 0 spiro atoms. The standard InChI is InChI=1S/C31H39F3N2O5S2/c1-21-15-26(12-13-28(38)39)42-29(21)23-16-24(31(32,33)34)18-27(17-23)43(40,41)36(4)20-25(37)19-35-30(2,3)14-8-11-22-9-6-5-7-10-22/h5-7,9-10,15-18,25,35,37H,8,11-14,19-20H2,1-4H3,(H,38,39). The van der Waals surface area contributed by atoms with Crippen LogP contribution in [0.3, 0.4) is 0 Å². The SMILES string of the molecule is Cc1cc(CCC(=O)O)sc1-c1cc(C(F)(F)F)cc(S(=O)(=O)N(C)CC(O)CNC(C)(C)CCCc2ccccc2)c1. The van der Waals surface area contributed by atoms with Gasteiger partial charge in [-0.2, -0.15) is 17.5 Å². The first-order valence-electron chi connectivity index (χ1n) is 13.9. The molecule has 0 saturated carbocycles. The van der Waals surface area contributed by atoms with Crippen LogP contribution in [0.1, 0.15) is 54.7 Å². The monoisotopic (exact) mass is 640 g/mol. The Labute approximate surface area is 255 Å². The van der Waals surface area contributed by atoms with Crippen molar-refractivity contribution in [2.75, 3.05) is 20.1 Å². The fraction of sp³-hybridized carbons (Fsp3) is 0.452. The summed E-state index contributed by atoms with van der Waals surface area (Å²) in [6, 6.07) is 14.5. The lowest BCUT2D eigenvalue weighted by atomic mass is 9.95. The van der Waals surface area contributed by atoms with Gasteiger partial charge >= 0.3 is 12.1 Å². The van der Waals surface area contributed by atoms with Crippen molar-refractivity contribution in [1.29, 1.82) is 0 Å². The lowest BCUT2D eigenvalue weighted by Crippen LogP contribution is -2.46. The number of alkyl halides is 3. The number of aliphatic carboxylic acids is 1. The zero-order valence-corrected chi connectivity index (χ0v) is 26.4. The summed E-state index contributed by atoms with van der Waals surface area (Å²) in [7, 11) is -3.17. The highest BCUT2D eigenvalue weighted by molar-refractivity contribution is 7.89. The molecule has 0 aliphatic rings. The third-order valence-electron chi connectivity index (χ3n) is 7.15. The molecular formula is C31H39F3N2O5S2. The number of benzene rings is 2. The van der Waals surface area contributed by atoms with E-state index in [9.17, 15) is 31.5 Å². The Balaban J connectivity index is 1.72. The number of aryl methyl sites for hydroxylation is 3. The smallest absolute Gasteiger partial charge is 0.416 e. The van der Waals surface area contributed by atoms with Crippen molar-refractivity contribution >= 4 is 27.3 Å². The van der Waals surface area contributed by atoms with Crippen LogP contribution in [0.2, 0.25) is 0 Å². The van der Waals surface area contributed by atoms with E-state index in [1.807, 2.05) is 32.0 Å². The van der Waals surface area contributed by atoms with E-state index in [2.05, 4.69) is 17.4 Å². The quantitative estimate of drug-likeness (QED) is 0.185. The van der Waals surface area contributed by atoms with E-state index in [1.54, 1.807) is 13.0 Å². The first-order valence-corrected chi connectivity index (χ1v) is 16.2. The Bertz CT molecular complexity index is 1490. The molecule has 3 rings (SSSR count). The molecule has 1 atom stereocenters. The summed E-state index contributed by atoms with van der Waals surface area (Å²) in [5, 5.41) is 22.9. The summed E-state index contributed by atoms with van der Waals surface area (Å²) in [6.07, 6.45) is -3.19. The molecule has 0 aliphatic carbocycles. The highest BCUT2D eigenvalue weighted by Crippen LogP contribution is 2.39. The predicted octanol–water partition coefficient (Wildman–Crippen LogP) is 6.13. The molecule has 43 heavy (non-hydrogen) atoms. The van der Waals surface area contributed by atoms with Crippen LogP contribution in [0.25, 0.3) is 10.4 Å². The Hall–Kier alpha value is -2.77. The molecule has 2 aromatic carbocycles. The molecular weight excluding hydrogens is 601 g/mol. The van der Waals surface area contributed by atoms with Crippen molar-refractivity contribution in [3.05, 3.63) is 76.2 Å². The van der Waals surface area contributed by atoms with Crippen LogP contribution < -0.4 is 5.32 Å². The summed E-state index contributed by atoms with van der Waals surface area (Å²) in [5.74, 6) is -0.993. The maximum Gasteiger partial charge on any atom is 0.416 e. The average Bonchev–Trinajstić information content (AvgIpc) is 3.31. The van der Waals surface area contributed by atoms with Crippen molar-refractivity contribution in [3.63, 3.8) is 0 Å². The lowest BCUT2D eigenvalue weighted by Gasteiger charge is -2.29. The Morgan fingerprint density at radius 1 is 1.07 bits per heavy atom. The Kier molecular flexibility index (Phi) is 11.6. The predicted molar refractivity (Wildman–Crippen MR) is 163 cm³/mol. The number of β-amino-alcohol motifs (C(OH)–C–C–N with tert-alkyl or cyclic N) is 1. The number of thiophene rings is 1. The number of carbonyl (C=O) groups is 1. The second-order valence-electron chi connectivity index (χ2n) is 11.4. The van der Waals surface area contributed by atoms with Crippen LogP contribution in [0.5, 0.6) is 0 Å². The topological polar surface area (TPSA) is 107 Å². The van der Waals surface area contributed by atoms with Crippen LogP contribution in [0.15, 0.2) is 59.5 Å². The maximum absolute atomic E-state index is 13.9. The van der Waals surface area contributed by atoms with Crippen LogP contribution in [0.4, 0.5) is 13.2 Å². The number of halogens is 3. The minimum Gasteiger partial charge on any atom is -0.481 e. The summed E-state index contributed by atoms with van der Waals surface area (Å²) in [6.45, 7) is 5.45. The molecule has 1 unspecified atom stereocenters. The number of aliphatic hydroxyl groups is 1. The Morgan fingerprint density at radius 2 is 1.74 bits per heavy atom. The van der Waals surface area contributed by atoms with Crippen molar-refractivity contribution in [3.8, 4) is 10.4 Å². The number of aliphatic hydroxyl groups excluding tert-OH is 1. The third kappa shape index (κ3) is 10.1. The summed E-state index contributed by atoms with van der Waals surface area (Å²) in [5.41, 5.74) is 0.483. The molecule has 3 aromatic rings. The first-order chi connectivity index (χ1) is 20.0. The average molecular weight is 641 g/mol. The van der Waals surface area contributed by atoms with Gasteiger partial charge in [0.1, 0.15) is 0 Å². The molecule has 0 aliphatic heterocycles. The number of sulfonamides is 1. The lowest BCUT2D eigenvalue weighted by molar-refractivity contribution is -0.138. The van der Waals surface area contributed by atoms with E-state index in [-0.39, 0.29) is 37.0 Å². The molecule has 0 saturated heterocycles. The van der Waals surface area contributed by atoms with Gasteiger partial charge in [0.25, 0.3) is 0 Å². The van der Waals surface area contributed by atoms with Crippen LogP contribution in [-0.2, 0) is 33.8 Å². The fourth-order valence-corrected chi connectivity index (χ4v) is 7.17. The number of carboxylic acid groups (broad SMARTS) is 1. The molecule has 0 bridgehead atoms. The molecule has 0 radical (unpaired) electrons. The van der Waals surface area contributed by atoms with Crippen LogP contribution >= 0.6 is 11.3 Å². The van der Waals surface area contributed by atoms with Crippen molar-refractivity contribution in [2.24, 2.45) is 0 Å². The maximum atomic E-state index is 13.9. The molecule has 12 heteroatoms. The fourth-order valence-electron chi connectivity index (χ4n) is 4.73. The second-order valence-corrected chi connectivity index (χ2v) is 14.6. The number of nitrogens with one attached hydrogen (secondary N) is 1. The minimum absolute atomic E-state index is 0.0744. The summed E-state index contributed by atoms with van der Waals surface area (Å²) < 4.78 is 69.3. The molecule has 0 fully saturated rings. The number of hydrogen-bond acceptors (Lipinski definition) is 6. The van der Waals surface area contributed by atoms with Gasteiger partial charge in [0.05, 0.1) is 23.0 Å². The molecule has 1 heterocycles. The van der Waals surface area contributed by atoms with Crippen molar-refractivity contribution in [2.45, 2.75) is 75.6 Å². The summed E-state index contributed by atoms with van der Waals surface area (Å²) >= 11 is 1.14. The van der Waals surface area contributed by atoms with E-state index in [0.29, 0.717) is 21.4 Å². The summed E-state index contributed by atoms with van der Waals surface area (Å²) in [4.78, 5) is 11.5. The van der Waals surface area contributed by atoms with Gasteiger partial charge in [-0.3, -0.25) is 4.79 Å². The normalized spacial score (nSPS) is 13.4. The molecule has 1 aromatic heterocycles. The van der Waals surface area contributed by atoms with E-state index < -0.39 is 38.7 Å². The van der Waals surface area contributed by atoms with Gasteiger partial charge in [0.15, 0.2) is 0 Å². The van der Waals surface area contributed by atoms with Gasteiger partial charge in [-0.25, -0.2) is 8.42 Å². The largest absolute Gasteiger partial charge is 0.481 e. The number of carboxylic acids is 1. The van der Waals surface area contributed by atoms with Crippen LogP contribution in [0, 0.1) is 6.92 Å². The molecule has 0 amide bonds. The van der Waals surface area contributed by atoms with Gasteiger partial charge in [0.2, 0.25) is 10.0 Å². The molecule has 3 N–H and O–H groups in total. The number of nitrogens with zero attached hydrogens (tertiary/aromatic N) is 1. The Morgan fingerprint density at radius 3 is 2.37 bits per heavy atom. The van der Waals surface area contributed by atoms with E-state index >= 15 is 0 Å². The second kappa shape index (κ2) is 14.3. The third-order valence-corrected chi connectivity index (χ3v) is 10.3. The van der Waals surface area contributed by atoms with Gasteiger partial charge in [-0.15, -0.1) is 11.3 Å². The van der Waals surface area contributed by atoms with Crippen molar-refractivity contribution in [1.82, 2.24) is 9.62 Å². The van der Waals surface area contributed by atoms with E-state index in [0.717, 1.165) is 41.0 Å². The zero-order valence-electron chi connectivity index (χ0n) is 24.7. The van der Waals surface area contributed by atoms with E-state index in [4.69, 9.17) is 5.11 Å². The zero-order chi connectivity index (χ0) is 32.0. The minimum atomic E-state index is -4.80. The number of likely N-dealkylation sites (N-methyl/N-ethyl adjacent to an activating group) is 1. The number of rotatable bonds is 15. The highest BCUT2D eigenvalue weighted by atomic mass is 32.2. The first kappa shape index (κ1) is 34.7. The van der Waals surface area contributed by atoms with Gasteiger partial charge < -0.3 is 15.5 Å². The van der Waals surface area contributed by atoms with Crippen LogP contribution in [-0.4, -0.2) is 60.7 Å². The van der Waals surface area contributed by atoms with Gasteiger partial charge in [0, 0.05) is 35.4 Å². The van der Waals surface area contributed by atoms with E-state index in [1.165, 1.54) is 18.7 Å².